The molecule has 0 aliphatic carbocycles. The van der Waals surface area contributed by atoms with Crippen LogP contribution in [0.1, 0.15) is 24.2 Å². The van der Waals surface area contributed by atoms with Gasteiger partial charge in [0.25, 0.3) is 5.91 Å². The SMILES string of the molecule is CC(C)(NC(=O)c1ccsc1)/C(N)=N/O. The van der Waals surface area contributed by atoms with Gasteiger partial charge in [0.1, 0.15) is 0 Å². The average molecular weight is 227 g/mol. The number of nitrogens with zero attached hydrogens (tertiary/aromatic N) is 1. The Morgan fingerprint density at radius 1 is 1.67 bits per heavy atom. The third-order valence-corrected chi connectivity index (χ3v) is 2.64. The van der Waals surface area contributed by atoms with Crippen molar-refractivity contribution in [3.63, 3.8) is 0 Å². The lowest BCUT2D eigenvalue weighted by Crippen LogP contribution is -2.53. The van der Waals surface area contributed by atoms with Crippen molar-refractivity contribution in [2.75, 3.05) is 0 Å². The fraction of sp³-hybridized carbons (Fsp3) is 0.333. The normalized spacial score (nSPS) is 12.5. The topological polar surface area (TPSA) is 87.7 Å². The van der Waals surface area contributed by atoms with E-state index in [0.717, 1.165) is 0 Å². The Morgan fingerprint density at radius 3 is 2.80 bits per heavy atom. The Balaban J connectivity index is 2.75. The van der Waals surface area contributed by atoms with E-state index >= 15 is 0 Å². The zero-order valence-electron chi connectivity index (χ0n) is 8.52. The number of oxime groups is 1. The van der Waals surface area contributed by atoms with E-state index in [9.17, 15) is 4.79 Å². The highest BCUT2D eigenvalue weighted by Gasteiger charge is 2.26. The van der Waals surface area contributed by atoms with E-state index in [0.29, 0.717) is 5.56 Å². The summed E-state index contributed by atoms with van der Waals surface area (Å²) in [5.41, 5.74) is 5.14. The Kier molecular flexibility index (Phi) is 3.31. The zero-order valence-corrected chi connectivity index (χ0v) is 9.34. The Morgan fingerprint density at radius 2 is 2.33 bits per heavy atom. The van der Waals surface area contributed by atoms with Crippen LogP contribution in [-0.4, -0.2) is 22.5 Å². The second-order valence-corrected chi connectivity index (χ2v) is 4.36. The minimum atomic E-state index is -0.867. The van der Waals surface area contributed by atoms with E-state index in [-0.39, 0.29) is 11.7 Å². The van der Waals surface area contributed by atoms with Crippen molar-refractivity contribution in [2.45, 2.75) is 19.4 Å². The molecule has 5 nitrogen and oxygen atoms in total. The molecule has 1 aromatic heterocycles. The number of rotatable bonds is 3. The van der Waals surface area contributed by atoms with E-state index in [2.05, 4.69) is 10.5 Å². The molecule has 1 amide bonds. The summed E-state index contributed by atoms with van der Waals surface area (Å²) < 4.78 is 0. The molecule has 0 atom stereocenters. The van der Waals surface area contributed by atoms with Gasteiger partial charge in [0, 0.05) is 5.38 Å². The maximum absolute atomic E-state index is 11.6. The smallest absolute Gasteiger partial charge is 0.252 e. The predicted molar refractivity (Wildman–Crippen MR) is 59.3 cm³/mol. The first-order valence-electron chi connectivity index (χ1n) is 4.30. The first-order valence-corrected chi connectivity index (χ1v) is 5.24. The number of amidine groups is 1. The third-order valence-electron chi connectivity index (χ3n) is 1.96. The molecule has 6 heteroatoms. The van der Waals surface area contributed by atoms with Crippen molar-refractivity contribution in [3.8, 4) is 0 Å². The van der Waals surface area contributed by atoms with Crippen LogP contribution in [0.4, 0.5) is 0 Å². The highest BCUT2D eigenvalue weighted by Crippen LogP contribution is 2.09. The maximum Gasteiger partial charge on any atom is 0.252 e. The highest BCUT2D eigenvalue weighted by molar-refractivity contribution is 7.08. The quantitative estimate of drug-likeness (QED) is 0.311. The molecule has 4 N–H and O–H groups in total. The lowest BCUT2D eigenvalue weighted by atomic mass is 10.0. The Hall–Kier alpha value is -1.56. The van der Waals surface area contributed by atoms with Gasteiger partial charge >= 0.3 is 0 Å². The molecular weight excluding hydrogens is 214 g/mol. The fourth-order valence-corrected chi connectivity index (χ4v) is 1.57. The first kappa shape index (κ1) is 11.5. The van der Waals surface area contributed by atoms with Gasteiger partial charge in [0.15, 0.2) is 5.84 Å². The molecule has 15 heavy (non-hydrogen) atoms. The van der Waals surface area contributed by atoms with Gasteiger partial charge in [-0.05, 0) is 25.3 Å². The summed E-state index contributed by atoms with van der Waals surface area (Å²) in [6, 6.07) is 1.71. The number of nitrogens with two attached hydrogens (primary N) is 1. The number of nitrogens with one attached hydrogen (secondary N) is 1. The Labute approximate surface area is 91.6 Å². The molecule has 0 saturated heterocycles. The number of hydrogen-bond acceptors (Lipinski definition) is 4. The van der Waals surface area contributed by atoms with Gasteiger partial charge in [-0.15, -0.1) is 0 Å². The van der Waals surface area contributed by atoms with Gasteiger partial charge < -0.3 is 16.3 Å². The minimum absolute atomic E-state index is 0.0360. The lowest BCUT2D eigenvalue weighted by Gasteiger charge is -2.24. The second-order valence-electron chi connectivity index (χ2n) is 3.58. The monoisotopic (exact) mass is 227 g/mol. The summed E-state index contributed by atoms with van der Waals surface area (Å²) in [4.78, 5) is 11.6. The van der Waals surface area contributed by atoms with Crippen LogP contribution in [-0.2, 0) is 0 Å². The summed E-state index contributed by atoms with van der Waals surface area (Å²) in [5.74, 6) is -0.279. The third kappa shape index (κ3) is 2.69. The molecule has 0 bridgehead atoms. The lowest BCUT2D eigenvalue weighted by molar-refractivity contribution is 0.0931. The van der Waals surface area contributed by atoms with Crippen LogP contribution in [0.15, 0.2) is 22.0 Å². The van der Waals surface area contributed by atoms with Gasteiger partial charge in [-0.25, -0.2) is 0 Å². The van der Waals surface area contributed by atoms with E-state index in [4.69, 9.17) is 10.9 Å². The standard InChI is InChI=1S/C9H13N3O2S/c1-9(2,8(10)12-14)11-7(13)6-3-4-15-5-6/h3-5,14H,1-2H3,(H2,10,12)(H,11,13). The molecule has 1 rings (SSSR count). The first-order chi connectivity index (χ1) is 6.97. The Bertz CT molecular complexity index is 371. The van der Waals surface area contributed by atoms with Crippen LogP contribution in [0.25, 0.3) is 0 Å². The predicted octanol–water partition coefficient (Wildman–Crippen LogP) is 1.00. The number of amides is 1. The van der Waals surface area contributed by atoms with Crippen molar-refractivity contribution < 1.29 is 10.0 Å². The average Bonchev–Trinajstić information content (AvgIpc) is 2.68. The molecule has 0 aliphatic heterocycles. The molecule has 0 saturated carbocycles. The molecular formula is C9H13N3O2S. The highest BCUT2D eigenvalue weighted by atomic mass is 32.1. The van der Waals surface area contributed by atoms with Crippen LogP contribution in [0, 0.1) is 0 Å². The van der Waals surface area contributed by atoms with Crippen molar-refractivity contribution >= 4 is 23.1 Å². The second kappa shape index (κ2) is 4.31. The number of thiophene rings is 1. The van der Waals surface area contributed by atoms with Crippen molar-refractivity contribution in [1.82, 2.24) is 5.32 Å². The molecule has 1 heterocycles. The molecule has 1 aromatic rings. The van der Waals surface area contributed by atoms with Crippen LogP contribution in [0.2, 0.25) is 0 Å². The van der Waals surface area contributed by atoms with Gasteiger partial charge in [-0.3, -0.25) is 4.79 Å². The molecule has 0 aliphatic rings. The van der Waals surface area contributed by atoms with E-state index in [1.165, 1.54) is 11.3 Å². The van der Waals surface area contributed by atoms with Crippen molar-refractivity contribution in [3.05, 3.63) is 22.4 Å². The summed E-state index contributed by atoms with van der Waals surface area (Å²) in [5, 5.41) is 17.6. The minimum Gasteiger partial charge on any atom is -0.409 e. The largest absolute Gasteiger partial charge is 0.409 e. The van der Waals surface area contributed by atoms with E-state index in [1.54, 1.807) is 25.3 Å². The summed E-state index contributed by atoms with van der Waals surface area (Å²) in [6.45, 7) is 3.32. The van der Waals surface area contributed by atoms with Crippen molar-refractivity contribution in [1.29, 1.82) is 0 Å². The van der Waals surface area contributed by atoms with Gasteiger partial charge in [0.05, 0.1) is 11.1 Å². The van der Waals surface area contributed by atoms with E-state index in [1.807, 2.05) is 5.38 Å². The molecule has 0 aromatic carbocycles. The van der Waals surface area contributed by atoms with Crippen LogP contribution in [0.3, 0.4) is 0 Å². The fourth-order valence-electron chi connectivity index (χ4n) is 0.939. The molecule has 0 radical (unpaired) electrons. The van der Waals surface area contributed by atoms with Gasteiger partial charge in [-0.1, -0.05) is 5.16 Å². The zero-order chi connectivity index (χ0) is 11.5. The van der Waals surface area contributed by atoms with Crippen molar-refractivity contribution in [2.24, 2.45) is 10.9 Å². The summed E-state index contributed by atoms with van der Waals surface area (Å²) in [6.07, 6.45) is 0. The maximum atomic E-state index is 11.6. The van der Waals surface area contributed by atoms with Crippen LogP contribution in [0.5, 0.6) is 0 Å². The van der Waals surface area contributed by atoms with Crippen LogP contribution < -0.4 is 11.1 Å². The summed E-state index contributed by atoms with van der Waals surface area (Å²) >= 11 is 1.44. The number of carbonyl (C=O) groups is 1. The molecule has 82 valence electrons. The number of carbonyl (C=O) groups excluding carboxylic acids is 1. The van der Waals surface area contributed by atoms with E-state index < -0.39 is 5.54 Å². The molecule has 0 unspecified atom stereocenters. The number of hydrogen-bond donors (Lipinski definition) is 3. The van der Waals surface area contributed by atoms with Gasteiger partial charge in [0.2, 0.25) is 0 Å². The van der Waals surface area contributed by atoms with Gasteiger partial charge in [-0.2, -0.15) is 11.3 Å². The molecule has 0 spiro atoms. The summed E-state index contributed by atoms with van der Waals surface area (Å²) in [7, 11) is 0. The van der Waals surface area contributed by atoms with Crippen LogP contribution >= 0.6 is 11.3 Å². The molecule has 0 fully saturated rings.